The first-order chi connectivity index (χ1) is 14.2. The van der Waals surface area contributed by atoms with Gasteiger partial charge in [0.2, 0.25) is 11.8 Å². The molecule has 0 aliphatic heterocycles. The van der Waals surface area contributed by atoms with Gasteiger partial charge in [0, 0.05) is 25.2 Å². The number of carbonyl (C=O) groups is 1. The number of benzene rings is 1. The van der Waals surface area contributed by atoms with Gasteiger partial charge in [0.1, 0.15) is 11.6 Å². The average Bonchev–Trinajstić information content (AvgIpc) is 3.25. The van der Waals surface area contributed by atoms with Gasteiger partial charge in [-0.05, 0) is 49.4 Å². The van der Waals surface area contributed by atoms with Gasteiger partial charge in [-0.25, -0.2) is 9.67 Å². The maximum Gasteiger partial charge on any atom is 0.277 e. The van der Waals surface area contributed by atoms with Crippen molar-refractivity contribution in [1.82, 2.24) is 25.3 Å². The van der Waals surface area contributed by atoms with Crippen LogP contribution in [0.3, 0.4) is 0 Å². The summed E-state index contributed by atoms with van der Waals surface area (Å²) in [5.74, 6) is 0.434. The Morgan fingerprint density at radius 1 is 1.21 bits per heavy atom. The second-order valence-electron chi connectivity index (χ2n) is 7.19. The minimum Gasteiger partial charge on any atom is -0.474 e. The first-order valence-electron chi connectivity index (χ1n) is 9.90. The zero-order chi connectivity index (χ0) is 20.1. The molecule has 8 heteroatoms. The molecule has 1 fully saturated rings. The molecule has 3 aromatic rings. The molecule has 1 aliphatic carbocycles. The molecule has 2 heterocycles. The lowest BCUT2D eigenvalue weighted by molar-refractivity contribution is -0.121. The summed E-state index contributed by atoms with van der Waals surface area (Å²) in [6.07, 6.45) is 6.61. The van der Waals surface area contributed by atoms with E-state index in [1.807, 2.05) is 12.1 Å². The van der Waals surface area contributed by atoms with E-state index in [0.29, 0.717) is 23.3 Å². The number of ether oxygens (including phenoxy) is 1. The average molecular weight is 393 g/mol. The number of hydrogen-bond donors (Lipinski definition) is 1. The minimum atomic E-state index is -0.244. The number of pyridine rings is 1. The number of rotatable bonds is 7. The monoisotopic (exact) mass is 393 g/mol. The fourth-order valence-corrected chi connectivity index (χ4v) is 3.47. The number of aryl methyl sites for hydroxylation is 1. The van der Waals surface area contributed by atoms with Crippen molar-refractivity contribution in [2.24, 2.45) is 0 Å². The molecule has 1 amide bonds. The molecule has 8 nitrogen and oxygen atoms in total. The lowest BCUT2D eigenvalue weighted by Gasteiger charge is -2.13. The van der Waals surface area contributed by atoms with Crippen molar-refractivity contribution in [2.45, 2.75) is 51.3 Å². The molecule has 0 unspecified atom stereocenters. The highest BCUT2D eigenvalue weighted by molar-refractivity contribution is 5.77. The molecule has 1 aromatic carbocycles. The molecule has 1 aliphatic rings. The molecule has 0 radical (unpaired) electrons. The highest BCUT2D eigenvalue weighted by Crippen LogP contribution is 2.23. The third-order valence-corrected chi connectivity index (χ3v) is 5.06. The summed E-state index contributed by atoms with van der Waals surface area (Å²) in [5.41, 5.74) is 1.22. The van der Waals surface area contributed by atoms with Gasteiger partial charge >= 0.3 is 0 Å². The number of nitrogens with one attached hydrogen (secondary N) is 1. The summed E-state index contributed by atoms with van der Waals surface area (Å²) in [7, 11) is 0. The van der Waals surface area contributed by atoms with Crippen LogP contribution >= 0.6 is 0 Å². The van der Waals surface area contributed by atoms with E-state index in [2.05, 4.69) is 20.6 Å². The Bertz CT molecular complexity index is 1060. The molecule has 1 N–H and O–H groups in total. The van der Waals surface area contributed by atoms with Crippen molar-refractivity contribution in [1.29, 1.82) is 0 Å². The number of nitrogens with zero attached hydrogens (tertiary/aromatic N) is 4. The Balaban J connectivity index is 1.30. The molecule has 29 heavy (non-hydrogen) atoms. The lowest BCUT2D eigenvalue weighted by atomic mass is 10.2. The van der Waals surface area contributed by atoms with Crippen LogP contribution in [0.15, 0.2) is 47.4 Å². The second-order valence-corrected chi connectivity index (χ2v) is 7.19. The summed E-state index contributed by atoms with van der Waals surface area (Å²) >= 11 is 0. The number of aromatic nitrogens is 4. The minimum absolute atomic E-state index is 0.142. The van der Waals surface area contributed by atoms with Crippen LogP contribution in [0.25, 0.3) is 10.9 Å². The maximum absolute atomic E-state index is 12.4. The molecule has 0 saturated heterocycles. The van der Waals surface area contributed by atoms with Crippen LogP contribution in [0.4, 0.5) is 0 Å². The van der Waals surface area contributed by atoms with Crippen molar-refractivity contribution in [2.75, 3.05) is 0 Å². The number of fused-ring (bicyclic) bond motifs is 1. The zero-order valence-electron chi connectivity index (χ0n) is 16.1. The smallest absolute Gasteiger partial charge is 0.277 e. The Morgan fingerprint density at radius 2 is 2.03 bits per heavy atom. The van der Waals surface area contributed by atoms with E-state index in [0.717, 1.165) is 18.4 Å². The van der Waals surface area contributed by atoms with Crippen LogP contribution in [-0.2, 0) is 17.9 Å². The maximum atomic E-state index is 12.4. The molecule has 2 aromatic heterocycles. The SMILES string of the molecule is O=C(CCn1nnc2ccccc2c1=O)NCc1ccnc(OC2CCCC2)c1. The number of hydrogen-bond acceptors (Lipinski definition) is 6. The van der Waals surface area contributed by atoms with E-state index in [9.17, 15) is 9.59 Å². The first kappa shape index (κ1) is 19.0. The van der Waals surface area contributed by atoms with E-state index >= 15 is 0 Å². The topological polar surface area (TPSA) is 99.0 Å². The fraction of sp³-hybridized carbons (Fsp3) is 0.381. The first-order valence-corrected chi connectivity index (χ1v) is 9.90. The van der Waals surface area contributed by atoms with Gasteiger partial charge in [-0.3, -0.25) is 9.59 Å². The van der Waals surface area contributed by atoms with Crippen molar-refractivity contribution < 1.29 is 9.53 Å². The molecular weight excluding hydrogens is 370 g/mol. The van der Waals surface area contributed by atoms with Crippen LogP contribution in [-0.4, -0.2) is 32.0 Å². The van der Waals surface area contributed by atoms with Crippen LogP contribution in [0.1, 0.15) is 37.7 Å². The van der Waals surface area contributed by atoms with Gasteiger partial charge in [-0.2, -0.15) is 0 Å². The summed E-state index contributed by atoms with van der Waals surface area (Å²) in [4.78, 5) is 28.9. The summed E-state index contributed by atoms with van der Waals surface area (Å²) in [6.45, 7) is 0.551. The molecule has 1 saturated carbocycles. The number of carbonyl (C=O) groups excluding carboxylic acids is 1. The second kappa shape index (κ2) is 8.81. The molecule has 0 atom stereocenters. The van der Waals surface area contributed by atoms with Gasteiger partial charge < -0.3 is 10.1 Å². The molecule has 4 rings (SSSR count). The van der Waals surface area contributed by atoms with E-state index in [-0.39, 0.29) is 30.5 Å². The lowest BCUT2D eigenvalue weighted by Crippen LogP contribution is -2.29. The molecule has 0 spiro atoms. The normalized spacial score (nSPS) is 14.2. The third-order valence-electron chi connectivity index (χ3n) is 5.06. The Labute approximate surface area is 167 Å². The van der Waals surface area contributed by atoms with Crippen LogP contribution in [0.2, 0.25) is 0 Å². The Morgan fingerprint density at radius 3 is 2.90 bits per heavy atom. The van der Waals surface area contributed by atoms with Gasteiger partial charge in [0.25, 0.3) is 5.56 Å². The van der Waals surface area contributed by atoms with E-state index in [1.54, 1.807) is 30.5 Å². The van der Waals surface area contributed by atoms with Crippen molar-refractivity contribution in [3.8, 4) is 5.88 Å². The van der Waals surface area contributed by atoms with Crippen LogP contribution < -0.4 is 15.6 Å². The highest BCUT2D eigenvalue weighted by atomic mass is 16.5. The summed E-state index contributed by atoms with van der Waals surface area (Å²) in [5, 5.41) is 11.3. The predicted molar refractivity (Wildman–Crippen MR) is 107 cm³/mol. The van der Waals surface area contributed by atoms with Gasteiger partial charge in [0.05, 0.1) is 11.9 Å². The fourth-order valence-electron chi connectivity index (χ4n) is 3.47. The quantitative estimate of drug-likeness (QED) is 0.661. The molecular formula is C21H23N5O3. The van der Waals surface area contributed by atoms with E-state index in [1.165, 1.54) is 17.5 Å². The van der Waals surface area contributed by atoms with E-state index < -0.39 is 0 Å². The molecule has 0 bridgehead atoms. The number of amides is 1. The van der Waals surface area contributed by atoms with Crippen molar-refractivity contribution >= 4 is 16.8 Å². The highest BCUT2D eigenvalue weighted by Gasteiger charge is 2.17. The van der Waals surface area contributed by atoms with Gasteiger partial charge in [0.15, 0.2) is 0 Å². The van der Waals surface area contributed by atoms with Crippen LogP contribution in [0.5, 0.6) is 5.88 Å². The Hall–Kier alpha value is -3.29. The zero-order valence-corrected chi connectivity index (χ0v) is 16.1. The van der Waals surface area contributed by atoms with Crippen molar-refractivity contribution in [3.63, 3.8) is 0 Å². The summed E-state index contributed by atoms with van der Waals surface area (Å²) < 4.78 is 7.12. The van der Waals surface area contributed by atoms with Gasteiger partial charge in [-0.1, -0.05) is 17.3 Å². The van der Waals surface area contributed by atoms with E-state index in [4.69, 9.17) is 4.74 Å². The van der Waals surface area contributed by atoms with Crippen molar-refractivity contribution in [3.05, 3.63) is 58.5 Å². The van der Waals surface area contributed by atoms with Gasteiger partial charge in [-0.15, -0.1) is 5.10 Å². The largest absolute Gasteiger partial charge is 0.474 e. The Kier molecular flexibility index (Phi) is 5.79. The predicted octanol–water partition coefficient (Wildman–Crippen LogP) is 2.21. The van der Waals surface area contributed by atoms with Crippen LogP contribution in [0, 0.1) is 0 Å². The standard InChI is InChI=1S/C21H23N5O3/c27-19(10-12-26-21(28)17-7-3-4-8-18(17)24-25-26)23-14-15-9-11-22-20(13-15)29-16-5-1-2-6-16/h3-4,7-9,11,13,16H,1-2,5-6,10,12,14H2,(H,23,27). The molecule has 150 valence electrons. The third kappa shape index (κ3) is 4.77. The summed E-state index contributed by atoms with van der Waals surface area (Å²) in [6, 6.07) is 10.7.